The summed E-state index contributed by atoms with van der Waals surface area (Å²) in [4.78, 5) is 0.623. The molecule has 0 heterocycles. The highest BCUT2D eigenvalue weighted by Gasteiger charge is 2.28. The molecule has 0 nitrogen and oxygen atoms in total. The Labute approximate surface area is 75.8 Å². The number of alkyl halides is 1. The van der Waals surface area contributed by atoms with Gasteiger partial charge in [-0.15, -0.1) is 0 Å². The molecule has 1 aromatic rings. The first-order chi connectivity index (χ1) is 5.29. The second-order valence-electron chi connectivity index (χ2n) is 3.19. The SMILES string of the molecule is CC(Br)C1Cc2ccccc21. The van der Waals surface area contributed by atoms with Crippen LogP contribution in [0, 0.1) is 0 Å². The van der Waals surface area contributed by atoms with E-state index in [9.17, 15) is 0 Å². The number of fused-ring (bicyclic) bond motifs is 1. The number of hydrogen-bond acceptors (Lipinski definition) is 0. The summed E-state index contributed by atoms with van der Waals surface area (Å²) < 4.78 is 0. The van der Waals surface area contributed by atoms with Crippen molar-refractivity contribution in [3.8, 4) is 0 Å². The van der Waals surface area contributed by atoms with E-state index in [2.05, 4.69) is 47.1 Å². The molecule has 0 fully saturated rings. The molecule has 0 bridgehead atoms. The molecule has 0 amide bonds. The van der Waals surface area contributed by atoms with Gasteiger partial charge in [0.15, 0.2) is 0 Å². The topological polar surface area (TPSA) is 0 Å². The molecule has 1 aliphatic carbocycles. The van der Waals surface area contributed by atoms with Gasteiger partial charge in [-0.3, -0.25) is 0 Å². The predicted molar refractivity (Wildman–Crippen MR) is 51.3 cm³/mol. The van der Waals surface area contributed by atoms with Crippen LogP contribution in [-0.4, -0.2) is 4.83 Å². The van der Waals surface area contributed by atoms with Crippen LogP contribution in [0.15, 0.2) is 24.3 Å². The van der Waals surface area contributed by atoms with Crippen LogP contribution in [0.25, 0.3) is 0 Å². The van der Waals surface area contributed by atoms with Gasteiger partial charge < -0.3 is 0 Å². The van der Waals surface area contributed by atoms with Crippen molar-refractivity contribution in [3.63, 3.8) is 0 Å². The van der Waals surface area contributed by atoms with Gasteiger partial charge in [0.1, 0.15) is 0 Å². The van der Waals surface area contributed by atoms with Crippen molar-refractivity contribution in [2.75, 3.05) is 0 Å². The molecule has 1 aliphatic rings. The highest BCUT2D eigenvalue weighted by molar-refractivity contribution is 9.09. The van der Waals surface area contributed by atoms with Crippen LogP contribution in [-0.2, 0) is 6.42 Å². The van der Waals surface area contributed by atoms with Crippen molar-refractivity contribution in [2.45, 2.75) is 24.1 Å². The van der Waals surface area contributed by atoms with E-state index < -0.39 is 0 Å². The van der Waals surface area contributed by atoms with Crippen molar-refractivity contribution in [2.24, 2.45) is 0 Å². The van der Waals surface area contributed by atoms with E-state index in [1.54, 1.807) is 0 Å². The molecule has 2 rings (SSSR count). The lowest BCUT2D eigenvalue weighted by atomic mass is 9.76. The summed E-state index contributed by atoms with van der Waals surface area (Å²) in [5, 5.41) is 0. The monoisotopic (exact) mass is 210 g/mol. The first kappa shape index (κ1) is 7.35. The lowest BCUT2D eigenvalue weighted by Gasteiger charge is -2.32. The van der Waals surface area contributed by atoms with Gasteiger partial charge in [-0.1, -0.05) is 47.1 Å². The summed E-state index contributed by atoms with van der Waals surface area (Å²) in [6, 6.07) is 8.71. The molecule has 1 heteroatoms. The summed E-state index contributed by atoms with van der Waals surface area (Å²) in [5.41, 5.74) is 3.07. The average Bonchev–Trinajstić information content (AvgIpc) is 1.90. The fourth-order valence-corrected chi connectivity index (χ4v) is 2.18. The molecular formula is C10H11Br. The lowest BCUT2D eigenvalue weighted by Crippen LogP contribution is -2.22. The summed E-state index contributed by atoms with van der Waals surface area (Å²) in [5.74, 6) is 0.756. The molecular weight excluding hydrogens is 200 g/mol. The van der Waals surface area contributed by atoms with Gasteiger partial charge in [-0.2, -0.15) is 0 Å². The summed E-state index contributed by atoms with van der Waals surface area (Å²) in [6.07, 6.45) is 1.25. The first-order valence-electron chi connectivity index (χ1n) is 4.01. The van der Waals surface area contributed by atoms with Gasteiger partial charge in [0.25, 0.3) is 0 Å². The zero-order valence-electron chi connectivity index (χ0n) is 6.55. The van der Waals surface area contributed by atoms with Crippen LogP contribution >= 0.6 is 15.9 Å². The highest BCUT2D eigenvalue weighted by atomic mass is 79.9. The maximum atomic E-state index is 3.62. The quantitative estimate of drug-likeness (QED) is 0.626. The molecule has 2 atom stereocenters. The Bertz CT molecular complexity index is 265. The Hall–Kier alpha value is -0.300. The van der Waals surface area contributed by atoms with Crippen molar-refractivity contribution in [1.82, 2.24) is 0 Å². The van der Waals surface area contributed by atoms with Crippen LogP contribution in [0.1, 0.15) is 24.0 Å². The Morgan fingerprint density at radius 2 is 2.18 bits per heavy atom. The van der Waals surface area contributed by atoms with Crippen molar-refractivity contribution >= 4 is 15.9 Å². The van der Waals surface area contributed by atoms with Crippen LogP contribution in [0.2, 0.25) is 0 Å². The van der Waals surface area contributed by atoms with Crippen molar-refractivity contribution in [1.29, 1.82) is 0 Å². The zero-order valence-corrected chi connectivity index (χ0v) is 8.14. The molecule has 0 aliphatic heterocycles. The minimum absolute atomic E-state index is 0.623. The van der Waals surface area contributed by atoms with Gasteiger partial charge in [0.2, 0.25) is 0 Å². The maximum absolute atomic E-state index is 3.62. The van der Waals surface area contributed by atoms with Gasteiger partial charge in [-0.25, -0.2) is 0 Å². The number of benzene rings is 1. The Morgan fingerprint density at radius 3 is 2.82 bits per heavy atom. The minimum Gasteiger partial charge on any atom is -0.0887 e. The largest absolute Gasteiger partial charge is 0.0887 e. The summed E-state index contributed by atoms with van der Waals surface area (Å²) in [7, 11) is 0. The molecule has 2 unspecified atom stereocenters. The third kappa shape index (κ3) is 1.12. The molecule has 0 N–H and O–H groups in total. The number of hydrogen-bond donors (Lipinski definition) is 0. The fourth-order valence-electron chi connectivity index (χ4n) is 1.71. The Balaban J connectivity index is 2.29. The molecule has 0 spiro atoms. The molecule has 0 saturated carbocycles. The standard InChI is InChI=1S/C10H11Br/c1-7(11)10-6-8-4-2-3-5-9(8)10/h2-5,7,10H,6H2,1H3. The summed E-state index contributed by atoms with van der Waals surface area (Å²) >= 11 is 3.62. The average molecular weight is 211 g/mol. The fraction of sp³-hybridized carbons (Fsp3) is 0.400. The van der Waals surface area contributed by atoms with Crippen LogP contribution in [0.5, 0.6) is 0 Å². The smallest absolute Gasteiger partial charge is 0.0189 e. The first-order valence-corrected chi connectivity index (χ1v) is 4.92. The third-order valence-electron chi connectivity index (χ3n) is 2.45. The van der Waals surface area contributed by atoms with Gasteiger partial charge in [0, 0.05) is 10.7 Å². The molecule has 1 aromatic carbocycles. The van der Waals surface area contributed by atoms with Crippen LogP contribution in [0.3, 0.4) is 0 Å². The van der Waals surface area contributed by atoms with Crippen LogP contribution < -0.4 is 0 Å². The molecule has 0 saturated heterocycles. The Kier molecular flexibility index (Phi) is 1.76. The highest BCUT2D eigenvalue weighted by Crippen LogP contribution is 2.39. The normalized spacial score (nSPS) is 23.6. The number of halogens is 1. The van der Waals surface area contributed by atoms with E-state index in [0.717, 1.165) is 5.92 Å². The van der Waals surface area contributed by atoms with E-state index in [1.807, 2.05) is 0 Å². The van der Waals surface area contributed by atoms with E-state index in [4.69, 9.17) is 0 Å². The van der Waals surface area contributed by atoms with E-state index in [-0.39, 0.29) is 0 Å². The second kappa shape index (κ2) is 2.63. The molecule has 0 aromatic heterocycles. The van der Waals surface area contributed by atoms with E-state index >= 15 is 0 Å². The molecule has 0 radical (unpaired) electrons. The zero-order chi connectivity index (χ0) is 7.84. The lowest BCUT2D eigenvalue weighted by molar-refractivity contribution is 0.608. The minimum atomic E-state index is 0.623. The predicted octanol–water partition coefficient (Wildman–Crippen LogP) is 3.11. The third-order valence-corrected chi connectivity index (χ3v) is 3.09. The van der Waals surface area contributed by atoms with Gasteiger partial charge in [0.05, 0.1) is 0 Å². The van der Waals surface area contributed by atoms with Crippen LogP contribution in [0.4, 0.5) is 0 Å². The molecule has 11 heavy (non-hydrogen) atoms. The van der Waals surface area contributed by atoms with Gasteiger partial charge >= 0.3 is 0 Å². The maximum Gasteiger partial charge on any atom is 0.0189 e. The van der Waals surface area contributed by atoms with Crippen molar-refractivity contribution in [3.05, 3.63) is 35.4 Å². The summed E-state index contributed by atoms with van der Waals surface area (Å²) in [6.45, 7) is 2.22. The van der Waals surface area contributed by atoms with E-state index in [1.165, 1.54) is 17.5 Å². The van der Waals surface area contributed by atoms with Crippen molar-refractivity contribution < 1.29 is 0 Å². The second-order valence-corrected chi connectivity index (χ2v) is 4.63. The van der Waals surface area contributed by atoms with Gasteiger partial charge in [-0.05, 0) is 17.5 Å². The molecule has 58 valence electrons. The Morgan fingerprint density at radius 1 is 1.45 bits per heavy atom. The van der Waals surface area contributed by atoms with E-state index in [0.29, 0.717) is 4.83 Å². The number of rotatable bonds is 1.